The highest BCUT2D eigenvalue weighted by molar-refractivity contribution is 5.93. The number of hydrogen-bond donors (Lipinski definition) is 0. The van der Waals surface area contributed by atoms with Gasteiger partial charge < -0.3 is 14.2 Å². The summed E-state index contributed by atoms with van der Waals surface area (Å²) >= 11 is 0. The highest BCUT2D eigenvalue weighted by Gasteiger charge is 2.16. The minimum absolute atomic E-state index is 0.0171. The zero-order valence-electron chi connectivity index (χ0n) is 15.2. The first-order valence-corrected chi connectivity index (χ1v) is 8.49. The summed E-state index contributed by atoms with van der Waals surface area (Å²) < 4.78 is 15.5. The maximum atomic E-state index is 12.2. The zero-order chi connectivity index (χ0) is 19.6. The number of pyridine rings is 1. The minimum Gasteiger partial charge on any atom is -0.462 e. The molecule has 0 aliphatic rings. The maximum Gasteiger partial charge on any atom is 0.341 e. The Kier molecular flexibility index (Phi) is 7.49. The van der Waals surface area contributed by atoms with Gasteiger partial charge in [0.15, 0.2) is 0 Å². The lowest BCUT2D eigenvalue weighted by Crippen LogP contribution is -2.16. The summed E-state index contributed by atoms with van der Waals surface area (Å²) in [6, 6.07) is 9.66. The van der Waals surface area contributed by atoms with Gasteiger partial charge in [-0.25, -0.2) is 9.59 Å². The molecule has 0 radical (unpaired) electrons. The quantitative estimate of drug-likeness (QED) is 0.520. The number of benzene rings is 1. The van der Waals surface area contributed by atoms with Gasteiger partial charge in [0.2, 0.25) is 0 Å². The molecule has 1 atom stereocenters. The van der Waals surface area contributed by atoms with Gasteiger partial charge in [0.05, 0.1) is 18.8 Å². The van der Waals surface area contributed by atoms with Crippen LogP contribution in [0.3, 0.4) is 0 Å². The lowest BCUT2D eigenvalue weighted by Gasteiger charge is -2.13. The van der Waals surface area contributed by atoms with Crippen LogP contribution in [-0.4, -0.2) is 36.1 Å². The molecule has 7 nitrogen and oxygen atoms in total. The number of ether oxygens (including phenoxy) is 3. The molecule has 0 saturated heterocycles. The molecule has 0 bridgehead atoms. The van der Waals surface area contributed by atoms with E-state index >= 15 is 0 Å². The third-order valence-corrected chi connectivity index (χ3v) is 3.60. The van der Waals surface area contributed by atoms with Crippen LogP contribution < -0.4 is 4.74 Å². The van der Waals surface area contributed by atoms with Crippen LogP contribution in [0, 0.1) is 5.92 Å². The van der Waals surface area contributed by atoms with E-state index < -0.39 is 17.9 Å². The number of aromatic nitrogens is 1. The summed E-state index contributed by atoms with van der Waals surface area (Å²) in [6.07, 6.45) is 3.55. The first-order valence-electron chi connectivity index (χ1n) is 8.49. The fraction of sp³-hybridized carbons (Fsp3) is 0.300. The second-order valence-electron chi connectivity index (χ2n) is 5.96. The molecule has 7 heteroatoms. The molecule has 0 aliphatic heterocycles. The standard InChI is InChI=1S/C20H21NO6/c1-14(9-11-25-19(23)16-6-5-10-21-12-16)13-26-20(24)17-7-3-4-8-18(17)27-15(2)22/h3-8,10,12,14H,9,11,13H2,1-2H3. The maximum absolute atomic E-state index is 12.2. The fourth-order valence-corrected chi connectivity index (χ4v) is 2.18. The minimum atomic E-state index is -0.578. The molecule has 142 valence electrons. The predicted molar refractivity (Wildman–Crippen MR) is 96.3 cm³/mol. The SMILES string of the molecule is CC(=O)Oc1ccccc1C(=O)OCC(C)CCOC(=O)c1cccnc1. The number of para-hydroxylation sites is 1. The average Bonchev–Trinajstić information content (AvgIpc) is 2.66. The van der Waals surface area contributed by atoms with Crippen molar-refractivity contribution in [3.05, 3.63) is 59.9 Å². The normalized spacial score (nSPS) is 11.3. The van der Waals surface area contributed by atoms with E-state index in [0.717, 1.165) is 0 Å². The molecule has 0 fully saturated rings. The van der Waals surface area contributed by atoms with Crippen LogP contribution in [0.15, 0.2) is 48.8 Å². The Morgan fingerprint density at radius 1 is 1.04 bits per heavy atom. The first-order chi connectivity index (χ1) is 13.0. The number of nitrogens with zero attached hydrogens (tertiary/aromatic N) is 1. The van der Waals surface area contributed by atoms with Crippen LogP contribution >= 0.6 is 0 Å². The van der Waals surface area contributed by atoms with E-state index in [4.69, 9.17) is 14.2 Å². The Bertz CT molecular complexity index is 790. The molecule has 0 saturated carbocycles. The van der Waals surface area contributed by atoms with Crippen molar-refractivity contribution in [1.29, 1.82) is 0 Å². The fourth-order valence-electron chi connectivity index (χ4n) is 2.18. The molecule has 27 heavy (non-hydrogen) atoms. The van der Waals surface area contributed by atoms with E-state index in [-0.39, 0.29) is 30.4 Å². The van der Waals surface area contributed by atoms with Gasteiger partial charge in [-0.05, 0) is 36.6 Å². The highest BCUT2D eigenvalue weighted by Crippen LogP contribution is 2.19. The largest absolute Gasteiger partial charge is 0.462 e. The lowest BCUT2D eigenvalue weighted by atomic mass is 10.1. The lowest BCUT2D eigenvalue weighted by molar-refractivity contribution is -0.131. The van der Waals surface area contributed by atoms with E-state index in [2.05, 4.69) is 4.98 Å². The molecule has 0 aliphatic carbocycles. The molecule has 1 unspecified atom stereocenters. The van der Waals surface area contributed by atoms with Gasteiger partial charge in [-0.1, -0.05) is 19.1 Å². The monoisotopic (exact) mass is 371 g/mol. The van der Waals surface area contributed by atoms with Gasteiger partial charge in [0.1, 0.15) is 11.3 Å². The molecular formula is C20H21NO6. The Labute approximate surface area is 157 Å². The van der Waals surface area contributed by atoms with E-state index in [1.165, 1.54) is 25.3 Å². The van der Waals surface area contributed by atoms with E-state index in [9.17, 15) is 14.4 Å². The van der Waals surface area contributed by atoms with Gasteiger partial charge in [0, 0.05) is 19.3 Å². The Balaban J connectivity index is 1.77. The van der Waals surface area contributed by atoms with Crippen LogP contribution in [0.1, 0.15) is 41.0 Å². The van der Waals surface area contributed by atoms with Crippen LogP contribution in [0.4, 0.5) is 0 Å². The third-order valence-electron chi connectivity index (χ3n) is 3.60. The van der Waals surface area contributed by atoms with Gasteiger partial charge in [-0.2, -0.15) is 0 Å². The van der Waals surface area contributed by atoms with Crippen molar-refractivity contribution in [1.82, 2.24) is 4.98 Å². The predicted octanol–water partition coefficient (Wildman–Crippen LogP) is 3.05. The molecular weight excluding hydrogens is 350 g/mol. The molecule has 2 aromatic rings. The molecule has 1 heterocycles. The van der Waals surface area contributed by atoms with Crippen molar-refractivity contribution in [3.63, 3.8) is 0 Å². The number of rotatable bonds is 8. The number of carbonyl (C=O) groups is 3. The second-order valence-corrected chi connectivity index (χ2v) is 5.96. The molecule has 0 N–H and O–H groups in total. The zero-order valence-corrected chi connectivity index (χ0v) is 15.2. The van der Waals surface area contributed by atoms with Crippen molar-refractivity contribution in [2.45, 2.75) is 20.3 Å². The van der Waals surface area contributed by atoms with Gasteiger partial charge in [-0.15, -0.1) is 0 Å². The topological polar surface area (TPSA) is 91.8 Å². The van der Waals surface area contributed by atoms with Gasteiger partial charge in [0.25, 0.3) is 0 Å². The summed E-state index contributed by atoms with van der Waals surface area (Å²) in [5.41, 5.74) is 0.571. The molecule has 1 aromatic carbocycles. The van der Waals surface area contributed by atoms with Crippen LogP contribution in [0.5, 0.6) is 5.75 Å². The number of hydrogen-bond acceptors (Lipinski definition) is 7. The summed E-state index contributed by atoms with van der Waals surface area (Å²) in [6.45, 7) is 3.49. The van der Waals surface area contributed by atoms with Crippen molar-refractivity contribution in [2.75, 3.05) is 13.2 Å². The summed E-state index contributed by atoms with van der Waals surface area (Å²) in [7, 11) is 0. The number of carbonyl (C=O) groups excluding carboxylic acids is 3. The molecule has 1 aromatic heterocycles. The van der Waals surface area contributed by atoms with Crippen molar-refractivity contribution < 1.29 is 28.6 Å². The van der Waals surface area contributed by atoms with Gasteiger partial charge >= 0.3 is 17.9 Å². The highest BCUT2D eigenvalue weighted by atomic mass is 16.5. The third kappa shape index (κ3) is 6.54. The average molecular weight is 371 g/mol. The Hall–Kier alpha value is -3.22. The molecule has 0 amide bonds. The Morgan fingerprint density at radius 2 is 1.81 bits per heavy atom. The molecule has 0 spiro atoms. The van der Waals surface area contributed by atoms with Crippen LogP contribution in [0.25, 0.3) is 0 Å². The second kappa shape index (κ2) is 10.1. The number of esters is 3. The van der Waals surface area contributed by atoms with Crippen molar-refractivity contribution >= 4 is 17.9 Å². The van der Waals surface area contributed by atoms with Crippen molar-refractivity contribution in [2.24, 2.45) is 5.92 Å². The smallest absolute Gasteiger partial charge is 0.341 e. The summed E-state index contributed by atoms with van der Waals surface area (Å²) in [4.78, 5) is 39.0. The van der Waals surface area contributed by atoms with E-state index in [1.807, 2.05) is 6.92 Å². The summed E-state index contributed by atoms with van der Waals surface area (Å²) in [5, 5.41) is 0. The molecule has 2 rings (SSSR count). The van der Waals surface area contributed by atoms with Crippen molar-refractivity contribution in [3.8, 4) is 5.75 Å². The van der Waals surface area contributed by atoms with E-state index in [1.54, 1.807) is 30.5 Å². The van der Waals surface area contributed by atoms with Crippen LogP contribution in [0.2, 0.25) is 0 Å². The summed E-state index contributed by atoms with van der Waals surface area (Å²) in [5.74, 6) is -1.39. The van der Waals surface area contributed by atoms with E-state index in [0.29, 0.717) is 12.0 Å². The first kappa shape index (κ1) is 20.1. The van der Waals surface area contributed by atoms with Crippen LogP contribution in [-0.2, 0) is 14.3 Å². The van der Waals surface area contributed by atoms with Gasteiger partial charge in [-0.3, -0.25) is 9.78 Å². The Morgan fingerprint density at radius 3 is 2.52 bits per heavy atom.